The molecule has 0 radical (unpaired) electrons. The van der Waals surface area contributed by atoms with Gasteiger partial charge in [-0.1, -0.05) is 0 Å². The smallest absolute Gasteiger partial charge is 0.269 e. The van der Waals surface area contributed by atoms with Crippen LogP contribution in [0.15, 0.2) is 24.3 Å². The molecule has 1 saturated heterocycles. The quantitative estimate of drug-likeness (QED) is 0.560. The van der Waals surface area contributed by atoms with Crippen LogP contribution in [0.3, 0.4) is 0 Å². The SMILES string of the molecule is O=[N+]([O-])c1ccc(N2COCCOC2)cc1. The highest BCUT2D eigenvalue weighted by Crippen LogP contribution is 2.19. The number of benzene rings is 1. The molecule has 2 rings (SSSR count). The zero-order chi connectivity index (χ0) is 11.4. The maximum Gasteiger partial charge on any atom is 0.269 e. The summed E-state index contributed by atoms with van der Waals surface area (Å²) in [5.41, 5.74) is 0.938. The van der Waals surface area contributed by atoms with Crippen molar-refractivity contribution in [3.05, 3.63) is 34.4 Å². The molecule has 0 unspecified atom stereocenters. The van der Waals surface area contributed by atoms with E-state index in [9.17, 15) is 10.1 Å². The topological polar surface area (TPSA) is 64.8 Å². The van der Waals surface area contributed by atoms with Gasteiger partial charge in [0.2, 0.25) is 0 Å². The molecule has 0 aromatic heterocycles. The molecule has 0 N–H and O–H groups in total. The summed E-state index contributed by atoms with van der Waals surface area (Å²) < 4.78 is 10.6. The van der Waals surface area contributed by atoms with Gasteiger partial charge in [-0.25, -0.2) is 0 Å². The molecule has 86 valence electrons. The predicted molar refractivity (Wildman–Crippen MR) is 57.2 cm³/mol. The van der Waals surface area contributed by atoms with Crippen molar-refractivity contribution in [2.75, 3.05) is 31.6 Å². The second-order valence-corrected chi connectivity index (χ2v) is 3.39. The Balaban J connectivity index is 2.10. The Morgan fingerprint density at radius 1 is 1.12 bits per heavy atom. The lowest BCUT2D eigenvalue weighted by atomic mass is 10.3. The Morgan fingerprint density at radius 3 is 2.19 bits per heavy atom. The fraction of sp³-hybridized carbons (Fsp3) is 0.400. The first kappa shape index (κ1) is 10.8. The number of nitro benzene ring substituents is 1. The molecule has 6 heteroatoms. The summed E-state index contributed by atoms with van der Waals surface area (Å²) in [6.45, 7) is 2.03. The van der Waals surface area contributed by atoms with E-state index in [0.29, 0.717) is 26.7 Å². The maximum absolute atomic E-state index is 10.5. The molecule has 0 aliphatic carbocycles. The summed E-state index contributed by atoms with van der Waals surface area (Å²) >= 11 is 0. The molecule has 0 spiro atoms. The van der Waals surface area contributed by atoms with Crippen molar-refractivity contribution in [1.82, 2.24) is 0 Å². The first-order valence-electron chi connectivity index (χ1n) is 4.92. The largest absolute Gasteiger partial charge is 0.359 e. The second kappa shape index (κ2) is 4.91. The van der Waals surface area contributed by atoms with Gasteiger partial charge in [0.1, 0.15) is 13.5 Å². The van der Waals surface area contributed by atoms with E-state index >= 15 is 0 Å². The third-order valence-electron chi connectivity index (χ3n) is 2.29. The minimum atomic E-state index is -0.417. The van der Waals surface area contributed by atoms with Crippen LogP contribution in [-0.2, 0) is 9.47 Å². The lowest BCUT2D eigenvalue weighted by Crippen LogP contribution is -2.25. The fourth-order valence-electron chi connectivity index (χ4n) is 1.44. The Labute approximate surface area is 92.5 Å². The first-order valence-corrected chi connectivity index (χ1v) is 4.92. The lowest BCUT2D eigenvalue weighted by Gasteiger charge is -2.20. The van der Waals surface area contributed by atoms with Crippen LogP contribution in [0.1, 0.15) is 0 Å². The van der Waals surface area contributed by atoms with E-state index in [-0.39, 0.29) is 5.69 Å². The summed E-state index contributed by atoms with van der Waals surface area (Å²) in [7, 11) is 0. The molecule has 1 aliphatic heterocycles. The van der Waals surface area contributed by atoms with E-state index in [1.807, 2.05) is 4.90 Å². The third kappa shape index (κ3) is 2.47. The van der Waals surface area contributed by atoms with Crippen molar-refractivity contribution < 1.29 is 14.4 Å². The van der Waals surface area contributed by atoms with Gasteiger partial charge < -0.3 is 14.4 Å². The molecule has 1 aliphatic rings. The van der Waals surface area contributed by atoms with E-state index in [4.69, 9.17) is 9.47 Å². The van der Waals surface area contributed by atoms with Gasteiger partial charge in [0.15, 0.2) is 0 Å². The van der Waals surface area contributed by atoms with Crippen molar-refractivity contribution >= 4 is 11.4 Å². The number of nitrogens with zero attached hydrogens (tertiary/aromatic N) is 2. The lowest BCUT2D eigenvalue weighted by molar-refractivity contribution is -0.384. The van der Waals surface area contributed by atoms with Crippen molar-refractivity contribution in [3.63, 3.8) is 0 Å². The Hall–Kier alpha value is -1.66. The van der Waals surface area contributed by atoms with Gasteiger partial charge >= 0.3 is 0 Å². The molecule has 0 atom stereocenters. The number of hydrogen-bond donors (Lipinski definition) is 0. The summed E-state index contributed by atoms with van der Waals surface area (Å²) in [6.07, 6.45) is 0. The summed E-state index contributed by atoms with van der Waals surface area (Å²) in [5.74, 6) is 0. The normalized spacial score (nSPS) is 16.9. The molecule has 0 saturated carbocycles. The minimum absolute atomic E-state index is 0.0837. The monoisotopic (exact) mass is 224 g/mol. The van der Waals surface area contributed by atoms with E-state index in [1.54, 1.807) is 12.1 Å². The van der Waals surface area contributed by atoms with Gasteiger partial charge in [-0.2, -0.15) is 0 Å². The minimum Gasteiger partial charge on any atom is -0.359 e. The first-order chi connectivity index (χ1) is 7.77. The Morgan fingerprint density at radius 2 is 1.69 bits per heavy atom. The Bertz CT molecular complexity index is 358. The van der Waals surface area contributed by atoms with Crippen LogP contribution in [-0.4, -0.2) is 31.6 Å². The molecule has 1 fully saturated rings. The van der Waals surface area contributed by atoms with Gasteiger partial charge in [-0.3, -0.25) is 10.1 Å². The van der Waals surface area contributed by atoms with Crippen LogP contribution < -0.4 is 4.90 Å². The molecule has 0 bridgehead atoms. The van der Waals surface area contributed by atoms with Crippen LogP contribution >= 0.6 is 0 Å². The van der Waals surface area contributed by atoms with Gasteiger partial charge in [0.25, 0.3) is 5.69 Å². The van der Waals surface area contributed by atoms with E-state index in [2.05, 4.69) is 0 Å². The number of nitro groups is 1. The molecule has 1 aromatic rings. The standard InChI is InChI=1S/C10H12N2O4/c13-12(14)10-3-1-9(2-4-10)11-7-15-5-6-16-8-11/h1-4H,5-8H2. The number of rotatable bonds is 2. The molecule has 1 aromatic carbocycles. The van der Waals surface area contributed by atoms with Gasteiger partial charge in [-0.15, -0.1) is 0 Å². The van der Waals surface area contributed by atoms with Gasteiger partial charge in [0, 0.05) is 17.8 Å². The average Bonchev–Trinajstić information content (AvgIpc) is 2.57. The van der Waals surface area contributed by atoms with E-state index in [1.165, 1.54) is 12.1 Å². The predicted octanol–water partition coefficient (Wildman–Crippen LogP) is 1.36. The van der Waals surface area contributed by atoms with E-state index in [0.717, 1.165) is 5.69 Å². The van der Waals surface area contributed by atoms with Crippen molar-refractivity contribution in [3.8, 4) is 0 Å². The number of ether oxygens (including phenoxy) is 2. The molecular weight excluding hydrogens is 212 g/mol. The van der Waals surface area contributed by atoms with Crippen molar-refractivity contribution in [2.45, 2.75) is 0 Å². The zero-order valence-electron chi connectivity index (χ0n) is 8.67. The van der Waals surface area contributed by atoms with Crippen LogP contribution in [0.5, 0.6) is 0 Å². The number of non-ortho nitro benzene ring substituents is 1. The highest BCUT2D eigenvalue weighted by molar-refractivity contribution is 5.50. The van der Waals surface area contributed by atoms with E-state index < -0.39 is 4.92 Å². The molecule has 6 nitrogen and oxygen atoms in total. The van der Waals surface area contributed by atoms with Crippen LogP contribution in [0.2, 0.25) is 0 Å². The molecular formula is C10H12N2O4. The van der Waals surface area contributed by atoms with Crippen LogP contribution in [0.25, 0.3) is 0 Å². The highest BCUT2D eigenvalue weighted by Gasteiger charge is 2.11. The number of anilines is 1. The van der Waals surface area contributed by atoms with Crippen molar-refractivity contribution in [2.24, 2.45) is 0 Å². The summed E-state index contributed by atoms with van der Waals surface area (Å²) in [6, 6.07) is 6.33. The maximum atomic E-state index is 10.5. The molecule has 1 heterocycles. The molecule has 0 amide bonds. The Kier molecular flexibility index (Phi) is 3.33. The number of hydrogen-bond acceptors (Lipinski definition) is 5. The zero-order valence-corrected chi connectivity index (χ0v) is 8.67. The highest BCUT2D eigenvalue weighted by atomic mass is 16.6. The summed E-state index contributed by atoms with van der Waals surface area (Å²) in [5, 5.41) is 10.5. The van der Waals surface area contributed by atoms with Crippen molar-refractivity contribution in [1.29, 1.82) is 0 Å². The second-order valence-electron chi connectivity index (χ2n) is 3.39. The average molecular weight is 224 g/mol. The van der Waals surface area contributed by atoms with Gasteiger partial charge in [-0.05, 0) is 12.1 Å². The van der Waals surface area contributed by atoms with Crippen LogP contribution in [0.4, 0.5) is 11.4 Å². The van der Waals surface area contributed by atoms with Crippen LogP contribution in [0, 0.1) is 10.1 Å². The fourth-order valence-corrected chi connectivity index (χ4v) is 1.44. The molecule has 16 heavy (non-hydrogen) atoms. The van der Waals surface area contributed by atoms with Gasteiger partial charge in [0.05, 0.1) is 18.1 Å². The summed E-state index contributed by atoms with van der Waals surface area (Å²) in [4.78, 5) is 11.9. The third-order valence-corrected chi connectivity index (χ3v) is 2.29.